The summed E-state index contributed by atoms with van der Waals surface area (Å²) in [5.74, 6) is 0. The number of hydrogen-bond donors (Lipinski definition) is 3. The van der Waals surface area contributed by atoms with Crippen LogP contribution in [0.5, 0.6) is 0 Å². The Morgan fingerprint density at radius 2 is 2.12 bits per heavy atom. The van der Waals surface area contributed by atoms with Crippen molar-refractivity contribution in [1.29, 1.82) is 0 Å². The summed E-state index contributed by atoms with van der Waals surface area (Å²) in [6.45, 7) is 2.40. The van der Waals surface area contributed by atoms with E-state index in [0.717, 1.165) is 10.0 Å². The second-order valence-electron chi connectivity index (χ2n) is 3.25. The Balaban J connectivity index is 2.76. The quantitative estimate of drug-likeness (QED) is 0.757. The highest BCUT2D eigenvalue weighted by Crippen LogP contribution is 2.20. The molecule has 1 rings (SSSR count). The molecule has 0 aliphatic carbocycles. The van der Waals surface area contributed by atoms with Gasteiger partial charge in [0.15, 0.2) is 0 Å². The molecule has 0 saturated heterocycles. The molecule has 0 bridgehead atoms. The van der Waals surface area contributed by atoms with Crippen LogP contribution in [0, 0.1) is 6.92 Å². The van der Waals surface area contributed by atoms with Gasteiger partial charge in [-0.05, 0) is 24.6 Å². The molecule has 0 heterocycles. The van der Waals surface area contributed by atoms with Crippen molar-refractivity contribution in [2.75, 3.05) is 17.8 Å². The molecule has 0 aliphatic heterocycles. The number of aryl methyl sites for hydroxylation is 1. The Morgan fingerprint density at radius 1 is 1.44 bits per heavy atom. The molecule has 0 spiro atoms. The van der Waals surface area contributed by atoms with Crippen molar-refractivity contribution >= 4 is 31.8 Å². The number of halogens is 1. The third kappa shape index (κ3) is 4.09. The Bertz CT molecular complexity index is 462. The second kappa shape index (κ2) is 5.62. The Morgan fingerprint density at radius 3 is 2.69 bits per heavy atom. The summed E-state index contributed by atoms with van der Waals surface area (Å²) in [5, 5.41) is 0. The minimum absolute atomic E-state index is 0.211. The Kier molecular flexibility index (Phi) is 4.72. The van der Waals surface area contributed by atoms with Crippen molar-refractivity contribution < 1.29 is 8.42 Å². The van der Waals surface area contributed by atoms with E-state index in [1.165, 1.54) is 0 Å². The van der Waals surface area contributed by atoms with Crippen LogP contribution in [0.3, 0.4) is 0 Å². The van der Waals surface area contributed by atoms with Crippen LogP contribution in [-0.4, -0.2) is 21.5 Å². The summed E-state index contributed by atoms with van der Waals surface area (Å²) in [5.41, 5.74) is 6.75. The van der Waals surface area contributed by atoms with Gasteiger partial charge < -0.3 is 5.73 Å². The van der Waals surface area contributed by atoms with Crippen LogP contribution in [0.15, 0.2) is 22.7 Å². The SMILES string of the molecule is Cc1ccc(NS(=O)(=O)NCCN)cc1Br. The number of anilines is 1. The lowest BCUT2D eigenvalue weighted by molar-refractivity contribution is 0.587. The molecular formula is C9H14BrN3O2S. The minimum atomic E-state index is -3.53. The zero-order valence-corrected chi connectivity index (χ0v) is 11.2. The molecule has 0 radical (unpaired) electrons. The van der Waals surface area contributed by atoms with Crippen molar-refractivity contribution in [2.45, 2.75) is 6.92 Å². The highest BCUT2D eigenvalue weighted by molar-refractivity contribution is 9.10. The van der Waals surface area contributed by atoms with Gasteiger partial charge in [-0.3, -0.25) is 4.72 Å². The first-order valence-corrected chi connectivity index (χ1v) is 6.96. The van der Waals surface area contributed by atoms with Crippen LogP contribution < -0.4 is 15.2 Å². The van der Waals surface area contributed by atoms with Gasteiger partial charge in [0.1, 0.15) is 0 Å². The van der Waals surface area contributed by atoms with E-state index in [2.05, 4.69) is 25.4 Å². The topological polar surface area (TPSA) is 84.2 Å². The van der Waals surface area contributed by atoms with E-state index in [1.807, 2.05) is 13.0 Å². The molecule has 7 heteroatoms. The summed E-state index contributed by atoms with van der Waals surface area (Å²) in [6.07, 6.45) is 0. The molecule has 0 saturated carbocycles. The maximum absolute atomic E-state index is 11.5. The van der Waals surface area contributed by atoms with Gasteiger partial charge in [-0.25, -0.2) is 0 Å². The third-order valence-corrected chi connectivity index (χ3v) is 3.80. The lowest BCUT2D eigenvalue weighted by Crippen LogP contribution is -2.33. The number of benzene rings is 1. The van der Waals surface area contributed by atoms with Crippen LogP contribution in [-0.2, 0) is 10.2 Å². The summed E-state index contributed by atoms with van der Waals surface area (Å²) in [4.78, 5) is 0. The normalized spacial score (nSPS) is 11.4. The predicted molar refractivity (Wildman–Crippen MR) is 68.5 cm³/mol. The van der Waals surface area contributed by atoms with Gasteiger partial charge in [0.25, 0.3) is 10.2 Å². The molecule has 0 fully saturated rings. The van der Waals surface area contributed by atoms with Crippen molar-refractivity contribution in [1.82, 2.24) is 4.72 Å². The summed E-state index contributed by atoms with van der Waals surface area (Å²) >= 11 is 3.33. The number of nitrogens with two attached hydrogens (primary N) is 1. The molecule has 0 aliphatic rings. The molecule has 0 atom stereocenters. The Hall–Kier alpha value is -0.630. The summed E-state index contributed by atoms with van der Waals surface area (Å²) in [7, 11) is -3.53. The van der Waals surface area contributed by atoms with Gasteiger partial charge in [-0.2, -0.15) is 13.1 Å². The fourth-order valence-corrected chi connectivity index (χ4v) is 2.32. The van der Waals surface area contributed by atoms with E-state index >= 15 is 0 Å². The lowest BCUT2D eigenvalue weighted by atomic mass is 10.2. The lowest BCUT2D eigenvalue weighted by Gasteiger charge is -2.09. The Labute approximate surface area is 104 Å². The monoisotopic (exact) mass is 307 g/mol. The van der Waals surface area contributed by atoms with E-state index in [-0.39, 0.29) is 13.1 Å². The van der Waals surface area contributed by atoms with Crippen molar-refractivity contribution in [3.05, 3.63) is 28.2 Å². The molecule has 90 valence electrons. The van der Waals surface area contributed by atoms with Gasteiger partial charge in [0.2, 0.25) is 0 Å². The maximum Gasteiger partial charge on any atom is 0.299 e. The standard InChI is InChI=1S/C9H14BrN3O2S/c1-7-2-3-8(6-9(7)10)13-16(14,15)12-5-4-11/h2-3,6,12-13H,4-5,11H2,1H3. The number of hydrogen-bond acceptors (Lipinski definition) is 3. The fraction of sp³-hybridized carbons (Fsp3) is 0.333. The first-order valence-electron chi connectivity index (χ1n) is 4.68. The number of nitrogens with one attached hydrogen (secondary N) is 2. The highest BCUT2D eigenvalue weighted by atomic mass is 79.9. The molecule has 16 heavy (non-hydrogen) atoms. The average Bonchev–Trinajstić information content (AvgIpc) is 2.20. The van der Waals surface area contributed by atoms with E-state index in [4.69, 9.17) is 5.73 Å². The largest absolute Gasteiger partial charge is 0.329 e. The van der Waals surface area contributed by atoms with Crippen LogP contribution in [0.4, 0.5) is 5.69 Å². The molecule has 0 unspecified atom stereocenters. The summed E-state index contributed by atoms with van der Waals surface area (Å²) < 4.78 is 28.5. The molecule has 0 amide bonds. The van der Waals surface area contributed by atoms with Crippen LogP contribution in [0.2, 0.25) is 0 Å². The summed E-state index contributed by atoms with van der Waals surface area (Å²) in [6, 6.07) is 5.23. The molecule has 1 aromatic rings. The van der Waals surface area contributed by atoms with Crippen LogP contribution in [0.25, 0.3) is 0 Å². The predicted octanol–water partition coefficient (Wildman–Crippen LogP) is 0.963. The zero-order valence-electron chi connectivity index (χ0n) is 8.83. The molecule has 0 aromatic heterocycles. The highest BCUT2D eigenvalue weighted by Gasteiger charge is 2.08. The van der Waals surface area contributed by atoms with Crippen LogP contribution in [0.1, 0.15) is 5.56 Å². The van der Waals surface area contributed by atoms with Gasteiger partial charge >= 0.3 is 0 Å². The average molecular weight is 308 g/mol. The number of rotatable bonds is 5. The molecular weight excluding hydrogens is 294 g/mol. The molecule has 4 N–H and O–H groups in total. The van der Waals surface area contributed by atoms with Gasteiger partial charge in [-0.15, -0.1) is 0 Å². The third-order valence-electron chi connectivity index (χ3n) is 1.86. The van der Waals surface area contributed by atoms with E-state index < -0.39 is 10.2 Å². The van der Waals surface area contributed by atoms with E-state index in [9.17, 15) is 8.42 Å². The van der Waals surface area contributed by atoms with Crippen molar-refractivity contribution in [3.63, 3.8) is 0 Å². The molecule has 5 nitrogen and oxygen atoms in total. The van der Waals surface area contributed by atoms with Gasteiger partial charge in [0, 0.05) is 17.6 Å². The minimum Gasteiger partial charge on any atom is -0.329 e. The van der Waals surface area contributed by atoms with Gasteiger partial charge in [0.05, 0.1) is 5.69 Å². The van der Waals surface area contributed by atoms with Crippen molar-refractivity contribution in [3.8, 4) is 0 Å². The van der Waals surface area contributed by atoms with Crippen molar-refractivity contribution in [2.24, 2.45) is 5.73 Å². The second-order valence-corrected chi connectivity index (χ2v) is 5.61. The van der Waals surface area contributed by atoms with E-state index in [0.29, 0.717) is 5.69 Å². The smallest absolute Gasteiger partial charge is 0.299 e. The van der Waals surface area contributed by atoms with Gasteiger partial charge in [-0.1, -0.05) is 22.0 Å². The first kappa shape index (κ1) is 13.4. The zero-order chi connectivity index (χ0) is 12.2. The molecule has 1 aromatic carbocycles. The first-order chi connectivity index (χ1) is 7.44. The van der Waals surface area contributed by atoms with Crippen LogP contribution >= 0.6 is 15.9 Å². The fourth-order valence-electron chi connectivity index (χ4n) is 1.04. The maximum atomic E-state index is 11.5. The van der Waals surface area contributed by atoms with E-state index in [1.54, 1.807) is 12.1 Å².